The highest BCUT2D eigenvalue weighted by Gasteiger charge is 2.27. The lowest BCUT2D eigenvalue weighted by molar-refractivity contribution is -0.116. The van der Waals surface area contributed by atoms with Crippen LogP contribution < -0.4 is 5.32 Å². The molecule has 0 aliphatic carbocycles. The average molecular weight is 289 g/mol. The fourth-order valence-electron chi connectivity index (χ4n) is 1.71. The average Bonchev–Trinajstić information content (AvgIpc) is 2.53. The third kappa shape index (κ3) is 4.85. The van der Waals surface area contributed by atoms with Crippen molar-refractivity contribution in [3.05, 3.63) is 42.0 Å². The van der Waals surface area contributed by atoms with E-state index >= 15 is 0 Å². The van der Waals surface area contributed by atoms with Crippen molar-refractivity contribution in [1.29, 1.82) is 0 Å². The SMILES string of the molecule is CNC(=O)N(CCO)C([C]=O)C(=O)C=Cc1ccccc1. The number of hydrogen-bond acceptors (Lipinski definition) is 4. The van der Waals surface area contributed by atoms with Crippen LogP contribution in [0.3, 0.4) is 0 Å². The molecule has 0 saturated heterocycles. The van der Waals surface area contributed by atoms with Gasteiger partial charge in [-0.15, -0.1) is 0 Å². The van der Waals surface area contributed by atoms with Gasteiger partial charge >= 0.3 is 6.03 Å². The molecule has 111 valence electrons. The molecule has 1 unspecified atom stereocenters. The lowest BCUT2D eigenvalue weighted by atomic mass is 10.1. The Balaban J connectivity index is 2.86. The van der Waals surface area contributed by atoms with E-state index in [0.717, 1.165) is 10.5 Å². The number of ketones is 1. The molecule has 0 aliphatic heterocycles. The minimum Gasteiger partial charge on any atom is -0.395 e. The highest BCUT2D eigenvalue weighted by atomic mass is 16.3. The summed E-state index contributed by atoms with van der Waals surface area (Å²) in [6.07, 6.45) is 4.31. The summed E-state index contributed by atoms with van der Waals surface area (Å²) in [7, 11) is 1.37. The van der Waals surface area contributed by atoms with Gasteiger partial charge in [0.25, 0.3) is 0 Å². The van der Waals surface area contributed by atoms with Crippen LogP contribution in [0.25, 0.3) is 6.08 Å². The van der Waals surface area contributed by atoms with E-state index in [9.17, 15) is 14.4 Å². The molecule has 1 aromatic rings. The standard InChI is InChI=1S/C15H17N2O4/c1-16-15(21)17(9-10-18)13(11-19)14(20)8-7-12-5-3-2-4-6-12/h2-8,13,18H,9-10H2,1H3,(H,16,21). The molecule has 2 N–H and O–H groups in total. The van der Waals surface area contributed by atoms with Crippen LogP contribution in [0.2, 0.25) is 0 Å². The Morgan fingerprint density at radius 2 is 2.05 bits per heavy atom. The maximum absolute atomic E-state index is 12.0. The third-order valence-corrected chi connectivity index (χ3v) is 2.75. The number of aliphatic hydroxyl groups excluding tert-OH is 1. The number of benzene rings is 1. The van der Waals surface area contributed by atoms with E-state index in [0.29, 0.717) is 0 Å². The number of urea groups is 1. The van der Waals surface area contributed by atoms with E-state index in [1.807, 2.05) is 18.2 Å². The van der Waals surface area contributed by atoms with Gasteiger partial charge in [-0.25, -0.2) is 4.79 Å². The second kappa shape index (κ2) is 8.65. The van der Waals surface area contributed by atoms with E-state index in [-0.39, 0.29) is 13.2 Å². The third-order valence-electron chi connectivity index (χ3n) is 2.75. The molecule has 1 aromatic carbocycles. The van der Waals surface area contributed by atoms with Crippen molar-refractivity contribution in [3.8, 4) is 0 Å². The van der Waals surface area contributed by atoms with Crippen LogP contribution >= 0.6 is 0 Å². The topological polar surface area (TPSA) is 86.7 Å². The number of nitrogens with zero attached hydrogens (tertiary/aromatic N) is 1. The zero-order valence-corrected chi connectivity index (χ0v) is 11.7. The van der Waals surface area contributed by atoms with Crippen LogP contribution in [0.4, 0.5) is 4.79 Å². The molecule has 2 amide bonds. The Kier molecular flexibility index (Phi) is 6.83. The van der Waals surface area contributed by atoms with E-state index in [4.69, 9.17) is 5.11 Å². The summed E-state index contributed by atoms with van der Waals surface area (Å²) >= 11 is 0. The molecule has 0 saturated carbocycles. The fraction of sp³-hybridized carbons (Fsp3) is 0.267. The van der Waals surface area contributed by atoms with Gasteiger partial charge in [-0.1, -0.05) is 36.4 Å². The molecule has 0 spiro atoms. The molecular formula is C15H17N2O4. The normalized spacial score (nSPS) is 11.9. The first-order valence-corrected chi connectivity index (χ1v) is 6.38. The fourth-order valence-corrected chi connectivity index (χ4v) is 1.71. The van der Waals surface area contributed by atoms with E-state index in [1.54, 1.807) is 24.5 Å². The zero-order chi connectivity index (χ0) is 15.7. The van der Waals surface area contributed by atoms with Gasteiger partial charge in [0.1, 0.15) is 0 Å². The second-order valence-corrected chi connectivity index (χ2v) is 4.14. The summed E-state index contributed by atoms with van der Waals surface area (Å²) in [6.45, 7) is -0.494. The van der Waals surface area contributed by atoms with Crippen molar-refractivity contribution in [2.24, 2.45) is 0 Å². The number of aliphatic hydroxyl groups is 1. The summed E-state index contributed by atoms with van der Waals surface area (Å²) in [5.74, 6) is -0.578. The first-order chi connectivity index (χ1) is 10.1. The van der Waals surface area contributed by atoms with Gasteiger partial charge in [0.05, 0.1) is 6.61 Å². The number of rotatable bonds is 7. The Morgan fingerprint density at radius 1 is 1.38 bits per heavy atom. The molecule has 21 heavy (non-hydrogen) atoms. The van der Waals surface area contributed by atoms with Crippen molar-refractivity contribution in [3.63, 3.8) is 0 Å². The maximum atomic E-state index is 12.0. The molecule has 0 aromatic heterocycles. The Morgan fingerprint density at radius 3 is 2.57 bits per heavy atom. The van der Waals surface area contributed by atoms with Gasteiger partial charge in [0.2, 0.25) is 6.29 Å². The van der Waals surface area contributed by atoms with Gasteiger partial charge < -0.3 is 15.3 Å². The number of nitrogens with one attached hydrogen (secondary N) is 1. The number of carbonyl (C=O) groups excluding carboxylic acids is 3. The largest absolute Gasteiger partial charge is 0.395 e. The van der Waals surface area contributed by atoms with Crippen molar-refractivity contribution in [2.45, 2.75) is 6.04 Å². The molecule has 0 aliphatic rings. The molecule has 1 atom stereocenters. The van der Waals surface area contributed by atoms with Gasteiger partial charge in [-0.2, -0.15) is 0 Å². The Labute approximate surface area is 123 Å². The smallest absolute Gasteiger partial charge is 0.318 e. The van der Waals surface area contributed by atoms with Gasteiger partial charge in [-0.05, 0) is 11.6 Å². The molecular weight excluding hydrogens is 272 g/mol. The molecule has 6 heteroatoms. The van der Waals surface area contributed by atoms with Crippen molar-refractivity contribution < 1.29 is 19.5 Å². The predicted molar refractivity (Wildman–Crippen MR) is 78.2 cm³/mol. The van der Waals surface area contributed by atoms with E-state index < -0.39 is 17.9 Å². The lowest BCUT2D eigenvalue weighted by Crippen LogP contribution is -2.50. The van der Waals surface area contributed by atoms with Gasteiger partial charge in [0, 0.05) is 13.6 Å². The minimum atomic E-state index is -1.38. The Bertz CT molecular complexity index is 514. The monoisotopic (exact) mass is 289 g/mol. The molecule has 0 bridgehead atoms. The molecule has 1 rings (SSSR count). The van der Waals surface area contributed by atoms with E-state index in [2.05, 4.69) is 5.32 Å². The lowest BCUT2D eigenvalue weighted by Gasteiger charge is -2.24. The van der Waals surface area contributed by atoms with Crippen LogP contribution in [0.1, 0.15) is 5.56 Å². The second-order valence-electron chi connectivity index (χ2n) is 4.14. The van der Waals surface area contributed by atoms with Crippen LogP contribution in [0.15, 0.2) is 36.4 Å². The number of amides is 2. The molecule has 6 nitrogen and oxygen atoms in total. The summed E-state index contributed by atoms with van der Waals surface area (Å²) in [4.78, 5) is 35.6. The van der Waals surface area contributed by atoms with Crippen LogP contribution in [-0.2, 0) is 9.59 Å². The summed E-state index contributed by atoms with van der Waals surface area (Å²) in [5, 5.41) is 11.2. The van der Waals surface area contributed by atoms with Crippen LogP contribution in [0.5, 0.6) is 0 Å². The summed E-state index contributed by atoms with van der Waals surface area (Å²) in [6, 6.07) is 7.07. The van der Waals surface area contributed by atoms with Crippen molar-refractivity contribution in [1.82, 2.24) is 10.2 Å². The van der Waals surface area contributed by atoms with Gasteiger partial charge in [-0.3, -0.25) is 9.59 Å². The quantitative estimate of drug-likeness (QED) is 0.561. The number of carbonyl (C=O) groups is 2. The maximum Gasteiger partial charge on any atom is 0.318 e. The van der Waals surface area contributed by atoms with Crippen LogP contribution in [-0.4, -0.2) is 54.3 Å². The minimum absolute atomic E-state index is 0.134. The van der Waals surface area contributed by atoms with Crippen molar-refractivity contribution >= 4 is 24.2 Å². The van der Waals surface area contributed by atoms with Crippen LogP contribution in [0, 0.1) is 0 Å². The van der Waals surface area contributed by atoms with Crippen molar-refractivity contribution in [2.75, 3.05) is 20.2 Å². The first-order valence-electron chi connectivity index (χ1n) is 6.38. The summed E-state index contributed by atoms with van der Waals surface area (Å²) in [5.41, 5.74) is 0.796. The first kappa shape index (κ1) is 16.6. The Hall–Kier alpha value is -2.47. The van der Waals surface area contributed by atoms with Gasteiger partial charge in [0.15, 0.2) is 11.8 Å². The van der Waals surface area contributed by atoms with E-state index in [1.165, 1.54) is 13.1 Å². The molecule has 1 radical (unpaired) electrons. The zero-order valence-electron chi connectivity index (χ0n) is 11.7. The predicted octanol–water partition coefficient (Wildman–Crippen LogP) is 0.381. The molecule has 0 heterocycles. The highest BCUT2D eigenvalue weighted by Crippen LogP contribution is 2.05. The molecule has 0 fully saturated rings. The summed E-state index contributed by atoms with van der Waals surface area (Å²) < 4.78 is 0. The highest BCUT2D eigenvalue weighted by molar-refractivity contribution is 6.08. The number of hydrogen-bond donors (Lipinski definition) is 2.